The summed E-state index contributed by atoms with van der Waals surface area (Å²) in [5.41, 5.74) is 5.82. The zero-order chi connectivity index (χ0) is 21.6. The second-order valence-corrected chi connectivity index (χ2v) is 11.2. The molecule has 0 radical (unpaired) electrons. The van der Waals surface area contributed by atoms with Crippen LogP contribution in [0.5, 0.6) is 0 Å². The molecule has 3 rings (SSSR count). The van der Waals surface area contributed by atoms with Gasteiger partial charge < -0.3 is 10.5 Å². The van der Waals surface area contributed by atoms with Crippen LogP contribution in [0.2, 0.25) is 0 Å². The molecule has 0 saturated carbocycles. The number of fused-ring (bicyclic) bond motifs is 3. The van der Waals surface area contributed by atoms with E-state index < -0.39 is 27.6 Å². The highest BCUT2D eigenvalue weighted by Crippen LogP contribution is 2.36. The summed E-state index contributed by atoms with van der Waals surface area (Å²) in [7, 11) is -3.92. The lowest BCUT2D eigenvalue weighted by Gasteiger charge is -2.26. The minimum absolute atomic E-state index is 0.107. The predicted octanol–water partition coefficient (Wildman–Crippen LogP) is 4.28. The van der Waals surface area contributed by atoms with Gasteiger partial charge in [0.25, 0.3) is 0 Å². The molecule has 0 spiro atoms. The normalized spacial score (nSPS) is 13.9. The van der Waals surface area contributed by atoms with Crippen LogP contribution in [-0.4, -0.2) is 26.0 Å². The molecule has 0 saturated heterocycles. The minimum Gasteiger partial charge on any atom is -0.459 e. The first-order valence-electron chi connectivity index (χ1n) is 9.34. The SMILES string of the molecule is CC(C)[C@@H](NS(=O)(=O)c1ccc2sc3cc(N)ccc3c2c1)C(=O)OC(C)(C)C. The zero-order valence-corrected chi connectivity index (χ0v) is 18.8. The molecule has 0 aliphatic rings. The third-order valence-corrected chi connectivity index (χ3v) is 6.96. The van der Waals surface area contributed by atoms with Gasteiger partial charge >= 0.3 is 5.97 Å². The van der Waals surface area contributed by atoms with Gasteiger partial charge in [-0.05, 0) is 57.0 Å². The quantitative estimate of drug-likeness (QED) is 0.461. The molecule has 0 amide bonds. The fourth-order valence-electron chi connectivity index (χ4n) is 3.00. The van der Waals surface area contributed by atoms with Crippen molar-refractivity contribution < 1.29 is 17.9 Å². The van der Waals surface area contributed by atoms with Crippen LogP contribution in [0.25, 0.3) is 20.2 Å². The van der Waals surface area contributed by atoms with Crippen molar-refractivity contribution in [1.29, 1.82) is 0 Å². The Morgan fingerprint density at radius 1 is 1.07 bits per heavy atom. The van der Waals surface area contributed by atoms with Gasteiger partial charge in [0, 0.05) is 25.9 Å². The van der Waals surface area contributed by atoms with E-state index in [9.17, 15) is 13.2 Å². The summed E-state index contributed by atoms with van der Waals surface area (Å²) >= 11 is 1.56. The van der Waals surface area contributed by atoms with Crippen LogP contribution < -0.4 is 10.5 Å². The van der Waals surface area contributed by atoms with Crippen LogP contribution in [0.1, 0.15) is 34.6 Å². The van der Waals surface area contributed by atoms with E-state index in [1.807, 2.05) is 12.1 Å². The number of sulfonamides is 1. The molecule has 3 N–H and O–H groups in total. The fraction of sp³-hybridized carbons (Fsp3) is 0.381. The summed E-state index contributed by atoms with van der Waals surface area (Å²) in [4.78, 5) is 12.6. The molecule has 2 aromatic carbocycles. The van der Waals surface area contributed by atoms with E-state index in [1.165, 1.54) is 0 Å². The number of carbonyl (C=O) groups is 1. The van der Waals surface area contributed by atoms with Crippen LogP contribution in [0.4, 0.5) is 5.69 Å². The van der Waals surface area contributed by atoms with Crippen molar-refractivity contribution in [2.45, 2.75) is 51.2 Å². The number of anilines is 1. The van der Waals surface area contributed by atoms with Crippen LogP contribution in [-0.2, 0) is 19.6 Å². The Hall–Kier alpha value is -2.16. The van der Waals surface area contributed by atoms with Crippen molar-refractivity contribution in [3.63, 3.8) is 0 Å². The number of thiophene rings is 1. The molecule has 3 aromatic rings. The average molecular weight is 435 g/mol. The first kappa shape index (κ1) is 21.5. The second-order valence-electron chi connectivity index (χ2n) is 8.39. The summed E-state index contributed by atoms with van der Waals surface area (Å²) < 4.78 is 36.0. The van der Waals surface area contributed by atoms with Gasteiger partial charge in [-0.15, -0.1) is 11.3 Å². The van der Waals surface area contributed by atoms with Crippen LogP contribution in [0.15, 0.2) is 41.3 Å². The Morgan fingerprint density at radius 3 is 2.38 bits per heavy atom. The van der Waals surface area contributed by atoms with E-state index in [1.54, 1.807) is 70.2 Å². The molecule has 8 heteroatoms. The number of carbonyl (C=O) groups excluding carboxylic acids is 1. The maximum Gasteiger partial charge on any atom is 0.324 e. The molecule has 29 heavy (non-hydrogen) atoms. The highest BCUT2D eigenvalue weighted by molar-refractivity contribution is 7.89. The van der Waals surface area contributed by atoms with Crippen molar-refractivity contribution >= 4 is 53.2 Å². The Kier molecular flexibility index (Phi) is 5.64. The molecule has 0 aliphatic carbocycles. The highest BCUT2D eigenvalue weighted by Gasteiger charge is 2.32. The lowest BCUT2D eigenvalue weighted by Crippen LogP contribution is -2.47. The topological polar surface area (TPSA) is 98.5 Å². The van der Waals surface area contributed by atoms with Crippen molar-refractivity contribution in [3.05, 3.63) is 36.4 Å². The van der Waals surface area contributed by atoms with Gasteiger partial charge in [-0.2, -0.15) is 4.72 Å². The molecule has 1 heterocycles. The zero-order valence-electron chi connectivity index (χ0n) is 17.1. The second kappa shape index (κ2) is 7.59. The number of esters is 1. The number of hydrogen-bond donors (Lipinski definition) is 2. The maximum absolute atomic E-state index is 13.0. The molecular formula is C21H26N2O4S2. The van der Waals surface area contributed by atoms with E-state index in [2.05, 4.69) is 4.72 Å². The van der Waals surface area contributed by atoms with Crippen molar-refractivity contribution in [2.24, 2.45) is 5.92 Å². The minimum atomic E-state index is -3.92. The number of nitrogens with two attached hydrogens (primary N) is 1. The van der Waals surface area contributed by atoms with E-state index in [-0.39, 0.29) is 10.8 Å². The van der Waals surface area contributed by atoms with Gasteiger partial charge in [-0.25, -0.2) is 8.42 Å². The lowest BCUT2D eigenvalue weighted by molar-refractivity contribution is -0.158. The molecule has 0 bridgehead atoms. The number of nitrogens with one attached hydrogen (secondary N) is 1. The highest BCUT2D eigenvalue weighted by atomic mass is 32.2. The largest absolute Gasteiger partial charge is 0.459 e. The van der Waals surface area contributed by atoms with Crippen LogP contribution >= 0.6 is 11.3 Å². The summed E-state index contributed by atoms with van der Waals surface area (Å²) in [5.74, 6) is -0.859. The van der Waals surface area contributed by atoms with E-state index in [0.717, 1.165) is 20.2 Å². The number of rotatable bonds is 5. The van der Waals surface area contributed by atoms with Gasteiger partial charge in [0.05, 0.1) is 4.90 Å². The first-order valence-corrected chi connectivity index (χ1v) is 11.6. The van der Waals surface area contributed by atoms with Crippen molar-refractivity contribution in [3.8, 4) is 0 Å². The summed E-state index contributed by atoms with van der Waals surface area (Å²) in [6.45, 7) is 8.80. The Morgan fingerprint density at radius 2 is 1.76 bits per heavy atom. The van der Waals surface area contributed by atoms with Gasteiger partial charge in [-0.1, -0.05) is 19.9 Å². The fourth-order valence-corrected chi connectivity index (χ4v) is 5.49. The molecule has 0 fully saturated rings. The van der Waals surface area contributed by atoms with Gasteiger partial charge in [0.1, 0.15) is 11.6 Å². The molecule has 0 unspecified atom stereocenters. The molecule has 6 nitrogen and oxygen atoms in total. The summed E-state index contributed by atoms with van der Waals surface area (Å²) in [6, 6.07) is 9.56. The molecular weight excluding hydrogens is 408 g/mol. The molecule has 1 aromatic heterocycles. The van der Waals surface area contributed by atoms with Gasteiger partial charge in [0.15, 0.2) is 0 Å². The van der Waals surface area contributed by atoms with Gasteiger partial charge in [-0.3, -0.25) is 4.79 Å². The molecule has 1 atom stereocenters. The predicted molar refractivity (Wildman–Crippen MR) is 119 cm³/mol. The monoisotopic (exact) mass is 434 g/mol. The average Bonchev–Trinajstić information content (AvgIpc) is 2.94. The smallest absolute Gasteiger partial charge is 0.324 e. The maximum atomic E-state index is 13.0. The van der Waals surface area contributed by atoms with E-state index >= 15 is 0 Å². The Bertz CT molecular complexity index is 1170. The van der Waals surface area contributed by atoms with E-state index in [4.69, 9.17) is 10.5 Å². The third kappa shape index (κ3) is 4.71. The Balaban J connectivity index is 1.98. The lowest BCUT2D eigenvalue weighted by atomic mass is 10.1. The molecule has 0 aliphatic heterocycles. The number of hydrogen-bond acceptors (Lipinski definition) is 6. The van der Waals surface area contributed by atoms with Crippen molar-refractivity contribution in [2.75, 3.05) is 5.73 Å². The standard InChI is InChI=1S/C21H26N2O4S2/c1-12(2)19(20(24)27-21(3,4)5)23-29(25,26)14-7-9-17-16(11-14)15-8-6-13(22)10-18(15)28-17/h6-12,19,23H,22H2,1-5H3/t19-/m1/s1. The molecule has 156 valence electrons. The number of nitrogen functional groups attached to an aromatic ring is 1. The summed E-state index contributed by atoms with van der Waals surface area (Å²) in [6.07, 6.45) is 0. The summed E-state index contributed by atoms with van der Waals surface area (Å²) in [5, 5.41) is 1.79. The van der Waals surface area contributed by atoms with Gasteiger partial charge in [0.2, 0.25) is 10.0 Å². The third-order valence-electron chi connectivity index (χ3n) is 4.39. The van der Waals surface area contributed by atoms with Crippen LogP contribution in [0.3, 0.4) is 0 Å². The van der Waals surface area contributed by atoms with Crippen molar-refractivity contribution in [1.82, 2.24) is 4.72 Å². The Labute approximate surface area is 175 Å². The first-order chi connectivity index (χ1) is 13.4. The van der Waals surface area contributed by atoms with Crippen LogP contribution in [0, 0.1) is 5.92 Å². The number of benzene rings is 2. The number of ether oxygens (including phenoxy) is 1. The van der Waals surface area contributed by atoms with E-state index in [0.29, 0.717) is 5.69 Å².